The van der Waals surface area contributed by atoms with Crippen LogP contribution in [0.15, 0.2) is 18.3 Å². The summed E-state index contributed by atoms with van der Waals surface area (Å²) in [7, 11) is 0. The Balaban J connectivity index is 1.69. The highest BCUT2D eigenvalue weighted by molar-refractivity contribution is 6.07. The summed E-state index contributed by atoms with van der Waals surface area (Å²) in [5.74, 6) is -0.632. The summed E-state index contributed by atoms with van der Waals surface area (Å²) < 4.78 is 0. The minimum absolute atomic E-state index is 0.105. The lowest BCUT2D eigenvalue weighted by molar-refractivity contribution is -0.125. The number of hydrogen-bond acceptors (Lipinski definition) is 4. The minimum Gasteiger partial charge on any atom is -0.350 e. The van der Waals surface area contributed by atoms with E-state index in [1.54, 1.807) is 12.3 Å². The van der Waals surface area contributed by atoms with E-state index in [9.17, 15) is 14.4 Å². The number of nitrogens with one attached hydrogen (secondary N) is 3. The highest BCUT2D eigenvalue weighted by atomic mass is 16.2. The van der Waals surface area contributed by atoms with Gasteiger partial charge in [-0.2, -0.15) is 0 Å². The number of hydrogen-bond donors (Lipinski definition) is 3. The molecule has 0 radical (unpaired) electrons. The van der Waals surface area contributed by atoms with Gasteiger partial charge in [-0.05, 0) is 30.9 Å². The van der Waals surface area contributed by atoms with Gasteiger partial charge in [0.1, 0.15) is 11.2 Å². The van der Waals surface area contributed by atoms with Gasteiger partial charge in [-0.15, -0.1) is 0 Å². The molecule has 2 aliphatic rings. The molecule has 4 amide bonds. The average molecular weight is 316 g/mol. The van der Waals surface area contributed by atoms with Crippen molar-refractivity contribution in [3.05, 3.63) is 29.6 Å². The standard InChI is InChI=1S/C16H20N4O3/c1-2-10-5-4-8-17-12(10)13(21)18-9-11-6-3-7-16(11)14(22)19-15(23)20-16/h4-5,8,11H,2-3,6-7,9H2,1H3,(H,18,21)(H2,19,20,22,23)/t11-,16+/m0/s1. The van der Waals surface area contributed by atoms with Gasteiger partial charge in [-0.25, -0.2) is 4.79 Å². The zero-order chi connectivity index (χ0) is 16.4. The van der Waals surface area contributed by atoms with Crippen LogP contribution >= 0.6 is 0 Å². The predicted molar refractivity (Wildman–Crippen MR) is 82.7 cm³/mol. The molecular formula is C16H20N4O3. The third kappa shape index (κ3) is 2.67. The van der Waals surface area contributed by atoms with Crippen LogP contribution in [0, 0.1) is 5.92 Å². The summed E-state index contributed by atoms with van der Waals surface area (Å²) in [6.07, 6.45) is 4.56. The van der Waals surface area contributed by atoms with Crippen LogP contribution < -0.4 is 16.0 Å². The molecule has 1 aromatic rings. The lowest BCUT2D eigenvalue weighted by atomic mass is 9.87. The second-order valence-corrected chi connectivity index (χ2v) is 6.04. The van der Waals surface area contributed by atoms with Gasteiger partial charge in [-0.3, -0.25) is 19.9 Å². The van der Waals surface area contributed by atoms with Crippen molar-refractivity contribution in [2.24, 2.45) is 5.92 Å². The molecule has 7 nitrogen and oxygen atoms in total. The van der Waals surface area contributed by atoms with Crippen LogP contribution in [0.2, 0.25) is 0 Å². The van der Waals surface area contributed by atoms with E-state index in [1.165, 1.54) is 0 Å². The van der Waals surface area contributed by atoms with E-state index in [4.69, 9.17) is 0 Å². The van der Waals surface area contributed by atoms with Crippen molar-refractivity contribution in [2.45, 2.75) is 38.1 Å². The monoisotopic (exact) mass is 316 g/mol. The quantitative estimate of drug-likeness (QED) is 0.714. The smallest absolute Gasteiger partial charge is 0.322 e. The number of pyridine rings is 1. The Morgan fingerprint density at radius 2 is 2.30 bits per heavy atom. The number of carbonyl (C=O) groups is 3. The van der Waals surface area contributed by atoms with Gasteiger partial charge in [0, 0.05) is 18.7 Å². The van der Waals surface area contributed by atoms with Gasteiger partial charge in [0.05, 0.1) is 0 Å². The molecule has 1 saturated carbocycles. The first kappa shape index (κ1) is 15.5. The first-order chi connectivity index (χ1) is 11.1. The van der Waals surface area contributed by atoms with Crippen LogP contribution in [0.3, 0.4) is 0 Å². The van der Waals surface area contributed by atoms with Crippen molar-refractivity contribution in [3.63, 3.8) is 0 Å². The van der Waals surface area contributed by atoms with Crippen LogP contribution in [0.5, 0.6) is 0 Å². The maximum Gasteiger partial charge on any atom is 0.322 e. The minimum atomic E-state index is -0.873. The van der Waals surface area contributed by atoms with Crippen LogP contribution in [-0.4, -0.2) is 34.9 Å². The Morgan fingerprint density at radius 3 is 3.00 bits per heavy atom. The van der Waals surface area contributed by atoms with Crippen molar-refractivity contribution in [1.29, 1.82) is 0 Å². The lowest BCUT2D eigenvalue weighted by Gasteiger charge is -2.28. The van der Waals surface area contributed by atoms with Crippen LogP contribution in [0.1, 0.15) is 42.2 Å². The van der Waals surface area contributed by atoms with E-state index in [2.05, 4.69) is 20.9 Å². The summed E-state index contributed by atoms with van der Waals surface area (Å²) in [6.45, 7) is 2.31. The molecule has 2 heterocycles. The summed E-state index contributed by atoms with van der Waals surface area (Å²) in [5.41, 5.74) is 0.433. The van der Waals surface area contributed by atoms with Crippen molar-refractivity contribution in [2.75, 3.05) is 6.54 Å². The second-order valence-electron chi connectivity index (χ2n) is 6.04. The van der Waals surface area contributed by atoms with Crippen LogP contribution in [-0.2, 0) is 11.2 Å². The van der Waals surface area contributed by atoms with E-state index in [0.29, 0.717) is 18.7 Å². The van der Waals surface area contributed by atoms with Crippen molar-refractivity contribution < 1.29 is 14.4 Å². The second kappa shape index (κ2) is 5.98. The fourth-order valence-electron chi connectivity index (χ4n) is 3.55. The van der Waals surface area contributed by atoms with E-state index in [-0.39, 0.29) is 17.7 Å². The molecule has 1 aromatic heterocycles. The average Bonchev–Trinajstić information content (AvgIpc) is 3.08. The Morgan fingerprint density at radius 1 is 1.48 bits per heavy atom. The zero-order valence-electron chi connectivity index (χ0n) is 13.0. The first-order valence-electron chi connectivity index (χ1n) is 7.92. The Bertz CT molecular complexity index is 660. The lowest BCUT2D eigenvalue weighted by Crippen LogP contribution is -2.53. The van der Waals surface area contributed by atoms with Crippen LogP contribution in [0.25, 0.3) is 0 Å². The topological polar surface area (TPSA) is 100 Å². The van der Waals surface area contributed by atoms with Gasteiger partial charge in [0.15, 0.2) is 0 Å². The summed E-state index contributed by atoms with van der Waals surface area (Å²) >= 11 is 0. The number of nitrogens with zero attached hydrogens (tertiary/aromatic N) is 1. The first-order valence-corrected chi connectivity index (χ1v) is 7.92. The Hall–Kier alpha value is -2.44. The number of amides is 4. The van der Waals surface area contributed by atoms with E-state index in [0.717, 1.165) is 24.8 Å². The highest BCUT2D eigenvalue weighted by Crippen LogP contribution is 2.37. The zero-order valence-corrected chi connectivity index (χ0v) is 13.0. The molecule has 3 rings (SSSR count). The number of aryl methyl sites for hydroxylation is 1. The molecule has 0 aromatic carbocycles. The third-order valence-electron chi connectivity index (χ3n) is 4.79. The normalized spacial score (nSPS) is 26.2. The van der Waals surface area contributed by atoms with Crippen molar-refractivity contribution in [3.8, 4) is 0 Å². The number of aromatic nitrogens is 1. The molecule has 0 bridgehead atoms. The molecule has 23 heavy (non-hydrogen) atoms. The maximum absolute atomic E-state index is 12.4. The van der Waals surface area contributed by atoms with Crippen LogP contribution in [0.4, 0.5) is 4.79 Å². The van der Waals surface area contributed by atoms with Gasteiger partial charge >= 0.3 is 6.03 Å². The van der Waals surface area contributed by atoms with E-state index in [1.807, 2.05) is 13.0 Å². The summed E-state index contributed by atoms with van der Waals surface area (Å²) in [5, 5.41) is 7.92. The maximum atomic E-state index is 12.4. The molecule has 122 valence electrons. The largest absolute Gasteiger partial charge is 0.350 e. The van der Waals surface area contributed by atoms with E-state index < -0.39 is 11.6 Å². The summed E-state index contributed by atoms with van der Waals surface area (Å²) in [6, 6.07) is 3.23. The Kier molecular flexibility index (Phi) is 4.02. The third-order valence-corrected chi connectivity index (χ3v) is 4.79. The molecule has 3 N–H and O–H groups in total. The van der Waals surface area contributed by atoms with Gasteiger partial charge in [-0.1, -0.05) is 19.4 Å². The SMILES string of the molecule is CCc1cccnc1C(=O)NC[C@@H]1CCC[C@@]12NC(=O)NC2=O. The fourth-order valence-corrected chi connectivity index (χ4v) is 3.55. The number of carbonyl (C=O) groups excluding carboxylic acids is 3. The molecule has 1 aliphatic heterocycles. The van der Waals surface area contributed by atoms with Crippen molar-refractivity contribution in [1.82, 2.24) is 20.9 Å². The molecule has 0 unspecified atom stereocenters. The predicted octanol–water partition coefficient (Wildman–Crippen LogP) is 0.752. The molecule has 2 fully saturated rings. The van der Waals surface area contributed by atoms with Gasteiger partial charge in [0.2, 0.25) is 0 Å². The van der Waals surface area contributed by atoms with E-state index >= 15 is 0 Å². The van der Waals surface area contributed by atoms with Gasteiger partial charge in [0.25, 0.3) is 11.8 Å². The highest BCUT2D eigenvalue weighted by Gasteiger charge is 2.54. The van der Waals surface area contributed by atoms with Crippen molar-refractivity contribution >= 4 is 17.8 Å². The molecule has 2 atom stereocenters. The number of urea groups is 1. The molecule has 1 aliphatic carbocycles. The fraction of sp³-hybridized carbons (Fsp3) is 0.500. The summed E-state index contributed by atoms with van der Waals surface area (Å²) in [4.78, 5) is 40.1. The molecule has 1 saturated heterocycles. The molecular weight excluding hydrogens is 296 g/mol. The Labute approximate surface area is 134 Å². The molecule has 7 heteroatoms. The number of rotatable bonds is 4. The molecule has 1 spiro atoms. The number of imide groups is 1. The van der Waals surface area contributed by atoms with Gasteiger partial charge < -0.3 is 10.6 Å².